The molecule has 98 valence electrons. The van der Waals surface area contributed by atoms with E-state index in [0.717, 1.165) is 12.5 Å². The first kappa shape index (κ1) is 14.9. The molecule has 1 aromatic rings. The van der Waals surface area contributed by atoms with Gasteiger partial charge < -0.3 is 5.73 Å². The Morgan fingerprint density at radius 1 is 1.44 bits per heavy atom. The molecule has 0 aromatic heterocycles. The molecular formula is C13H16F2N2S. The van der Waals surface area contributed by atoms with E-state index in [-0.39, 0.29) is 0 Å². The molecule has 0 aliphatic carbocycles. The molecule has 18 heavy (non-hydrogen) atoms. The summed E-state index contributed by atoms with van der Waals surface area (Å²) in [6.45, 7) is 1.87. The van der Waals surface area contributed by atoms with Crippen LogP contribution in [-0.4, -0.2) is 11.3 Å². The van der Waals surface area contributed by atoms with Crippen molar-refractivity contribution < 1.29 is 8.78 Å². The van der Waals surface area contributed by atoms with Crippen molar-refractivity contribution in [3.05, 3.63) is 29.8 Å². The van der Waals surface area contributed by atoms with Gasteiger partial charge in [-0.1, -0.05) is 6.92 Å². The van der Waals surface area contributed by atoms with Gasteiger partial charge in [0.2, 0.25) is 0 Å². The first-order valence-corrected chi connectivity index (χ1v) is 6.77. The lowest BCUT2D eigenvalue weighted by atomic mass is 9.94. The zero-order chi connectivity index (χ0) is 13.6. The van der Waals surface area contributed by atoms with Crippen LogP contribution >= 0.6 is 11.8 Å². The van der Waals surface area contributed by atoms with E-state index in [4.69, 9.17) is 11.0 Å². The highest BCUT2D eigenvalue weighted by Crippen LogP contribution is 2.24. The molecule has 0 bridgehead atoms. The number of hydrogen-bond donors (Lipinski definition) is 1. The smallest absolute Gasteiger partial charge is 0.139 e. The molecule has 1 rings (SSSR count). The summed E-state index contributed by atoms with van der Waals surface area (Å²) in [5.74, 6) is -0.466. The third-order valence-electron chi connectivity index (χ3n) is 2.77. The number of hydrogen-bond acceptors (Lipinski definition) is 3. The zero-order valence-electron chi connectivity index (χ0n) is 10.2. The van der Waals surface area contributed by atoms with Gasteiger partial charge in [0, 0.05) is 11.0 Å². The monoisotopic (exact) mass is 270 g/mol. The molecule has 0 saturated heterocycles. The van der Waals surface area contributed by atoms with Gasteiger partial charge in [0.1, 0.15) is 17.2 Å². The second-order valence-corrected chi connectivity index (χ2v) is 5.29. The van der Waals surface area contributed by atoms with Crippen LogP contribution in [0.4, 0.5) is 8.78 Å². The predicted molar refractivity (Wildman–Crippen MR) is 69.1 cm³/mol. The zero-order valence-corrected chi connectivity index (χ0v) is 11.1. The van der Waals surface area contributed by atoms with Crippen LogP contribution in [0, 0.1) is 23.0 Å². The highest BCUT2D eigenvalue weighted by molar-refractivity contribution is 7.99. The van der Waals surface area contributed by atoms with Crippen molar-refractivity contribution in [3.63, 3.8) is 0 Å². The Morgan fingerprint density at radius 2 is 2.17 bits per heavy atom. The van der Waals surface area contributed by atoms with Gasteiger partial charge in [-0.2, -0.15) is 5.26 Å². The van der Waals surface area contributed by atoms with E-state index < -0.39 is 17.2 Å². The number of nitrogens with zero attached hydrogens (tertiary/aromatic N) is 1. The van der Waals surface area contributed by atoms with Crippen LogP contribution in [0.15, 0.2) is 23.1 Å². The Bertz CT molecular complexity index is 445. The summed E-state index contributed by atoms with van der Waals surface area (Å²) in [5, 5.41) is 8.89. The number of halogens is 2. The predicted octanol–water partition coefficient (Wildman–Crippen LogP) is 3.47. The Morgan fingerprint density at radius 3 is 2.72 bits per heavy atom. The van der Waals surface area contributed by atoms with Gasteiger partial charge in [-0.15, -0.1) is 11.8 Å². The summed E-state index contributed by atoms with van der Waals surface area (Å²) in [6, 6.07) is 5.62. The first-order valence-electron chi connectivity index (χ1n) is 5.79. The number of nitriles is 1. The van der Waals surface area contributed by atoms with Gasteiger partial charge in [0.05, 0.1) is 6.07 Å². The van der Waals surface area contributed by atoms with Gasteiger partial charge >= 0.3 is 0 Å². The minimum absolute atomic E-state index is 0.424. The summed E-state index contributed by atoms with van der Waals surface area (Å²) in [5.41, 5.74) is 5.04. The van der Waals surface area contributed by atoms with E-state index in [1.807, 2.05) is 6.92 Å². The van der Waals surface area contributed by atoms with Crippen molar-refractivity contribution in [2.24, 2.45) is 5.73 Å². The third-order valence-corrected chi connectivity index (χ3v) is 3.91. The maximum atomic E-state index is 13.3. The molecule has 0 amide bonds. The maximum Gasteiger partial charge on any atom is 0.139 e. The molecule has 0 spiro atoms. The topological polar surface area (TPSA) is 49.8 Å². The van der Waals surface area contributed by atoms with Gasteiger partial charge in [0.25, 0.3) is 0 Å². The van der Waals surface area contributed by atoms with E-state index in [1.54, 1.807) is 0 Å². The Kier molecular flexibility index (Phi) is 5.57. The lowest BCUT2D eigenvalue weighted by molar-refractivity contribution is 0.478. The second kappa shape index (κ2) is 6.72. The van der Waals surface area contributed by atoms with Crippen LogP contribution in [0.2, 0.25) is 0 Å². The van der Waals surface area contributed by atoms with Gasteiger partial charge in [-0.3, -0.25) is 0 Å². The molecule has 0 aliphatic heterocycles. The lowest BCUT2D eigenvalue weighted by Crippen LogP contribution is -2.37. The third kappa shape index (κ3) is 4.28. The molecule has 0 aliphatic rings. The molecule has 1 atom stereocenters. The van der Waals surface area contributed by atoms with E-state index in [2.05, 4.69) is 6.07 Å². The molecule has 1 unspecified atom stereocenters. The number of nitrogens with two attached hydrogens (primary N) is 1. The van der Waals surface area contributed by atoms with Crippen LogP contribution < -0.4 is 5.73 Å². The lowest BCUT2D eigenvalue weighted by Gasteiger charge is -2.18. The highest BCUT2D eigenvalue weighted by Gasteiger charge is 2.21. The number of benzene rings is 1. The van der Waals surface area contributed by atoms with Crippen molar-refractivity contribution in [2.75, 3.05) is 5.75 Å². The molecule has 0 saturated carbocycles. The van der Waals surface area contributed by atoms with Crippen LogP contribution in [0.25, 0.3) is 0 Å². The molecule has 2 nitrogen and oxygen atoms in total. The highest BCUT2D eigenvalue weighted by atomic mass is 32.2. The molecule has 5 heteroatoms. The maximum absolute atomic E-state index is 13.3. The Balaban J connectivity index is 2.41. The van der Waals surface area contributed by atoms with E-state index >= 15 is 0 Å². The van der Waals surface area contributed by atoms with Crippen LogP contribution in [-0.2, 0) is 0 Å². The van der Waals surface area contributed by atoms with Gasteiger partial charge in [-0.05, 0) is 37.1 Å². The standard InChI is InChI=1S/C13H16F2N2S/c1-2-13(17,9-16)6-3-7-18-12-5-4-10(14)8-11(12)15/h4-5,8H,2-3,6-7,17H2,1H3. The van der Waals surface area contributed by atoms with Crippen LogP contribution in [0.3, 0.4) is 0 Å². The molecule has 2 N–H and O–H groups in total. The average Bonchev–Trinajstić information content (AvgIpc) is 2.36. The fourth-order valence-electron chi connectivity index (χ4n) is 1.47. The van der Waals surface area contributed by atoms with Crippen molar-refractivity contribution in [1.29, 1.82) is 5.26 Å². The first-order chi connectivity index (χ1) is 8.50. The van der Waals surface area contributed by atoms with Crippen LogP contribution in [0.5, 0.6) is 0 Å². The van der Waals surface area contributed by atoms with Crippen molar-refractivity contribution >= 4 is 11.8 Å². The summed E-state index contributed by atoms with van der Waals surface area (Å²) >= 11 is 1.31. The van der Waals surface area contributed by atoms with E-state index in [1.165, 1.54) is 23.9 Å². The molecule has 1 aromatic carbocycles. The summed E-state index contributed by atoms with van der Waals surface area (Å²) < 4.78 is 26.0. The minimum atomic E-state index is -0.790. The molecule has 0 fully saturated rings. The second-order valence-electron chi connectivity index (χ2n) is 4.15. The molecule has 0 radical (unpaired) electrons. The van der Waals surface area contributed by atoms with Crippen molar-refractivity contribution in [3.8, 4) is 6.07 Å². The summed E-state index contributed by atoms with van der Waals surface area (Å²) in [4.78, 5) is 0.424. The average molecular weight is 270 g/mol. The fraction of sp³-hybridized carbons (Fsp3) is 0.462. The summed E-state index contributed by atoms with van der Waals surface area (Å²) in [7, 11) is 0. The SMILES string of the molecule is CCC(N)(C#N)CCCSc1ccc(F)cc1F. The van der Waals surface area contributed by atoms with Crippen molar-refractivity contribution in [1.82, 2.24) is 0 Å². The van der Waals surface area contributed by atoms with E-state index in [0.29, 0.717) is 23.5 Å². The normalized spacial score (nSPS) is 13.9. The van der Waals surface area contributed by atoms with Gasteiger partial charge in [-0.25, -0.2) is 8.78 Å². The Hall–Kier alpha value is -1.12. The number of thioether (sulfide) groups is 1. The molecular weight excluding hydrogens is 254 g/mol. The quantitative estimate of drug-likeness (QED) is 0.636. The molecule has 0 heterocycles. The largest absolute Gasteiger partial charge is 0.313 e. The van der Waals surface area contributed by atoms with Crippen LogP contribution in [0.1, 0.15) is 26.2 Å². The van der Waals surface area contributed by atoms with Gasteiger partial charge in [0.15, 0.2) is 0 Å². The van der Waals surface area contributed by atoms with E-state index in [9.17, 15) is 8.78 Å². The summed E-state index contributed by atoms with van der Waals surface area (Å²) in [6.07, 6.45) is 1.90. The fourth-order valence-corrected chi connectivity index (χ4v) is 2.34. The minimum Gasteiger partial charge on any atom is -0.313 e. The Labute approximate surface area is 110 Å². The number of rotatable bonds is 6. The van der Waals surface area contributed by atoms with Crippen molar-refractivity contribution in [2.45, 2.75) is 36.6 Å².